The molecule has 1 aromatic heterocycles. The highest BCUT2D eigenvalue weighted by molar-refractivity contribution is 5.36. The first-order chi connectivity index (χ1) is 8.65. The van der Waals surface area contributed by atoms with Crippen LogP contribution in [0.2, 0.25) is 0 Å². The average molecular weight is 245 g/mol. The second-order valence-electron chi connectivity index (χ2n) is 3.85. The van der Waals surface area contributed by atoms with E-state index in [2.05, 4.69) is 15.4 Å². The molecule has 1 atom stereocenters. The number of rotatable bonds is 3. The van der Waals surface area contributed by atoms with Crippen molar-refractivity contribution in [2.24, 2.45) is 0 Å². The van der Waals surface area contributed by atoms with E-state index in [1.165, 1.54) is 17.1 Å². The van der Waals surface area contributed by atoms with E-state index in [0.717, 1.165) is 5.56 Å². The number of nitriles is 1. The largest absolute Gasteiger partial charge is 0.313 e. The Morgan fingerprint density at radius 1 is 1.50 bits per heavy atom. The summed E-state index contributed by atoms with van der Waals surface area (Å²) in [7, 11) is 1.81. The molecule has 1 unspecified atom stereocenters. The van der Waals surface area contributed by atoms with Gasteiger partial charge in [0.1, 0.15) is 23.9 Å². The molecule has 0 radical (unpaired) electrons. The van der Waals surface area contributed by atoms with E-state index >= 15 is 0 Å². The lowest BCUT2D eigenvalue weighted by Crippen LogP contribution is -2.13. The Kier molecular flexibility index (Phi) is 3.35. The van der Waals surface area contributed by atoms with Crippen LogP contribution in [-0.2, 0) is 0 Å². The predicted molar refractivity (Wildman–Crippen MR) is 63.5 cm³/mol. The van der Waals surface area contributed by atoms with E-state index in [1.807, 2.05) is 20.0 Å². The molecule has 0 saturated heterocycles. The van der Waals surface area contributed by atoms with Crippen molar-refractivity contribution < 1.29 is 4.39 Å². The lowest BCUT2D eigenvalue weighted by molar-refractivity contribution is 0.595. The van der Waals surface area contributed by atoms with Crippen molar-refractivity contribution in [3.8, 4) is 11.8 Å². The number of nitrogens with one attached hydrogen (secondary N) is 1. The Hall–Kier alpha value is -2.26. The number of halogens is 1. The van der Waals surface area contributed by atoms with Gasteiger partial charge in [0.2, 0.25) is 0 Å². The molecule has 1 heterocycles. The van der Waals surface area contributed by atoms with Crippen molar-refractivity contribution in [3.63, 3.8) is 0 Å². The number of hydrogen-bond donors (Lipinski definition) is 1. The van der Waals surface area contributed by atoms with E-state index in [-0.39, 0.29) is 17.6 Å². The number of nitrogens with zero attached hydrogens (tertiary/aromatic N) is 4. The zero-order chi connectivity index (χ0) is 13.1. The quantitative estimate of drug-likeness (QED) is 0.891. The Morgan fingerprint density at radius 3 is 2.83 bits per heavy atom. The van der Waals surface area contributed by atoms with Crippen LogP contribution in [-0.4, -0.2) is 21.8 Å². The van der Waals surface area contributed by atoms with Gasteiger partial charge in [-0.2, -0.15) is 5.26 Å². The summed E-state index contributed by atoms with van der Waals surface area (Å²) in [6.07, 6.45) is 1.32. The normalized spacial score (nSPS) is 12.1. The Balaban J connectivity index is 2.38. The summed E-state index contributed by atoms with van der Waals surface area (Å²) in [5.74, 6) is -0.383. The summed E-state index contributed by atoms with van der Waals surface area (Å²) in [4.78, 5) is 3.74. The molecule has 5 nitrogen and oxygen atoms in total. The van der Waals surface area contributed by atoms with Gasteiger partial charge >= 0.3 is 0 Å². The van der Waals surface area contributed by atoms with Crippen LogP contribution in [0.5, 0.6) is 0 Å². The molecule has 0 saturated carbocycles. The number of aromatic nitrogens is 3. The Bertz CT molecular complexity index is 599. The molecule has 0 aliphatic carbocycles. The molecule has 0 aliphatic heterocycles. The average Bonchev–Trinajstić information content (AvgIpc) is 2.86. The smallest absolute Gasteiger partial charge is 0.252 e. The standard InChI is InChI=1S/C12H12FN5/c1-8(15-2)9-3-4-11(10(13)5-9)18-7-16-12(6-14)17-18/h3-5,7-8,15H,1-2H3. The third-order valence-corrected chi connectivity index (χ3v) is 2.74. The van der Waals surface area contributed by atoms with Crippen molar-refractivity contribution in [1.82, 2.24) is 20.1 Å². The zero-order valence-electron chi connectivity index (χ0n) is 10.1. The van der Waals surface area contributed by atoms with Gasteiger partial charge in [-0.05, 0) is 31.7 Å². The highest BCUT2D eigenvalue weighted by Crippen LogP contribution is 2.18. The van der Waals surface area contributed by atoms with Crippen LogP contribution in [0, 0.1) is 17.1 Å². The number of benzene rings is 1. The monoisotopic (exact) mass is 245 g/mol. The van der Waals surface area contributed by atoms with Gasteiger partial charge in [0.15, 0.2) is 0 Å². The highest BCUT2D eigenvalue weighted by Gasteiger charge is 2.10. The van der Waals surface area contributed by atoms with Crippen LogP contribution in [0.3, 0.4) is 0 Å². The Labute approximate surface area is 104 Å². The lowest BCUT2D eigenvalue weighted by Gasteiger charge is -2.11. The van der Waals surface area contributed by atoms with E-state index in [9.17, 15) is 4.39 Å². The van der Waals surface area contributed by atoms with Crippen molar-refractivity contribution >= 4 is 0 Å². The van der Waals surface area contributed by atoms with Crippen LogP contribution in [0.4, 0.5) is 4.39 Å². The van der Waals surface area contributed by atoms with Crippen LogP contribution in [0.15, 0.2) is 24.5 Å². The van der Waals surface area contributed by atoms with Gasteiger partial charge in [0.25, 0.3) is 5.82 Å². The fraction of sp³-hybridized carbons (Fsp3) is 0.250. The van der Waals surface area contributed by atoms with E-state index in [0.29, 0.717) is 0 Å². The topological polar surface area (TPSA) is 66.5 Å². The minimum absolute atomic E-state index is 0.0158. The zero-order valence-corrected chi connectivity index (χ0v) is 10.1. The number of hydrogen-bond acceptors (Lipinski definition) is 4. The molecule has 18 heavy (non-hydrogen) atoms. The molecule has 6 heteroatoms. The van der Waals surface area contributed by atoms with Gasteiger partial charge in [0, 0.05) is 6.04 Å². The van der Waals surface area contributed by atoms with Crippen LogP contribution >= 0.6 is 0 Å². The molecule has 92 valence electrons. The lowest BCUT2D eigenvalue weighted by atomic mass is 10.1. The second kappa shape index (κ2) is 4.94. The molecule has 2 aromatic rings. The third-order valence-electron chi connectivity index (χ3n) is 2.74. The van der Waals surface area contributed by atoms with Gasteiger partial charge in [0.05, 0.1) is 0 Å². The van der Waals surface area contributed by atoms with Crippen LogP contribution in [0.25, 0.3) is 5.69 Å². The third kappa shape index (κ3) is 2.21. The predicted octanol–water partition coefficient (Wildman–Crippen LogP) is 1.56. The molecule has 0 aliphatic rings. The maximum absolute atomic E-state index is 13.9. The summed E-state index contributed by atoms with van der Waals surface area (Å²) in [6.45, 7) is 1.94. The van der Waals surface area contributed by atoms with E-state index in [4.69, 9.17) is 5.26 Å². The first-order valence-electron chi connectivity index (χ1n) is 5.44. The Morgan fingerprint density at radius 2 is 2.28 bits per heavy atom. The van der Waals surface area contributed by atoms with Crippen molar-refractivity contribution in [3.05, 3.63) is 41.7 Å². The SMILES string of the molecule is CNC(C)c1ccc(-n2cnc(C#N)n2)c(F)c1. The van der Waals surface area contributed by atoms with Crippen molar-refractivity contribution in [1.29, 1.82) is 5.26 Å². The molecule has 0 amide bonds. The molecule has 1 aromatic carbocycles. The van der Waals surface area contributed by atoms with Crippen molar-refractivity contribution in [2.45, 2.75) is 13.0 Å². The molecule has 2 rings (SSSR count). The van der Waals surface area contributed by atoms with Gasteiger partial charge in [-0.3, -0.25) is 0 Å². The minimum atomic E-state index is -0.399. The van der Waals surface area contributed by atoms with Gasteiger partial charge in [-0.1, -0.05) is 6.07 Å². The molecule has 0 bridgehead atoms. The molecular weight excluding hydrogens is 233 g/mol. The molecule has 0 spiro atoms. The van der Waals surface area contributed by atoms with Crippen molar-refractivity contribution in [2.75, 3.05) is 7.05 Å². The molecular formula is C12H12FN5. The minimum Gasteiger partial charge on any atom is -0.313 e. The molecule has 0 fully saturated rings. The second-order valence-corrected chi connectivity index (χ2v) is 3.85. The summed E-state index contributed by atoms with van der Waals surface area (Å²) < 4.78 is 15.2. The van der Waals surface area contributed by atoms with E-state index in [1.54, 1.807) is 12.1 Å². The van der Waals surface area contributed by atoms with E-state index < -0.39 is 5.82 Å². The first kappa shape index (κ1) is 12.2. The first-order valence-corrected chi connectivity index (χ1v) is 5.44. The fourth-order valence-corrected chi connectivity index (χ4v) is 1.58. The summed E-state index contributed by atoms with van der Waals surface area (Å²) in [5, 5.41) is 15.5. The van der Waals surface area contributed by atoms with Gasteiger partial charge < -0.3 is 5.32 Å². The fourth-order valence-electron chi connectivity index (χ4n) is 1.58. The summed E-state index contributed by atoms with van der Waals surface area (Å²) >= 11 is 0. The van der Waals surface area contributed by atoms with Gasteiger partial charge in [-0.15, -0.1) is 5.10 Å². The molecule has 1 N–H and O–H groups in total. The van der Waals surface area contributed by atoms with Crippen LogP contribution < -0.4 is 5.32 Å². The highest BCUT2D eigenvalue weighted by atomic mass is 19.1. The summed E-state index contributed by atoms with van der Waals surface area (Å²) in [5.41, 5.74) is 1.12. The maximum atomic E-state index is 13.9. The summed E-state index contributed by atoms with van der Waals surface area (Å²) in [6, 6.07) is 6.75. The maximum Gasteiger partial charge on any atom is 0.252 e. The van der Waals surface area contributed by atoms with Crippen LogP contribution in [0.1, 0.15) is 24.4 Å². The van der Waals surface area contributed by atoms with Gasteiger partial charge in [-0.25, -0.2) is 14.1 Å².